The van der Waals surface area contributed by atoms with Gasteiger partial charge in [0.25, 0.3) is 0 Å². The summed E-state index contributed by atoms with van der Waals surface area (Å²) in [5, 5.41) is 2.76. The fraction of sp³-hybridized carbons (Fsp3) is 0.214. The Morgan fingerprint density at radius 1 is 0.765 bits per heavy atom. The van der Waals surface area contributed by atoms with E-state index in [-0.39, 0.29) is 26.4 Å². The number of rotatable bonds is 11. The molecule has 0 saturated carbocycles. The van der Waals surface area contributed by atoms with E-state index < -0.39 is 17.7 Å². The minimum Gasteiger partial charge on any atom is -0.460 e. The third kappa shape index (κ3) is 6.33. The highest BCUT2D eigenvalue weighted by Crippen LogP contribution is 2.40. The number of ether oxygens (including phenoxy) is 3. The summed E-state index contributed by atoms with van der Waals surface area (Å²) in [4.78, 5) is 24.3. The van der Waals surface area contributed by atoms with Crippen molar-refractivity contribution in [1.29, 1.82) is 0 Å². The lowest BCUT2D eigenvalue weighted by Gasteiger charge is -2.35. The predicted molar refractivity (Wildman–Crippen MR) is 130 cm³/mol. The van der Waals surface area contributed by atoms with Gasteiger partial charge in [0.1, 0.15) is 6.61 Å². The van der Waals surface area contributed by atoms with E-state index in [1.54, 1.807) is 6.92 Å². The van der Waals surface area contributed by atoms with E-state index in [4.69, 9.17) is 14.2 Å². The Bertz CT molecular complexity index is 971. The molecule has 0 bridgehead atoms. The minimum atomic E-state index is -1.13. The minimum absolute atomic E-state index is 0.120. The zero-order chi connectivity index (χ0) is 24.2. The van der Waals surface area contributed by atoms with Crippen molar-refractivity contribution in [3.05, 3.63) is 120 Å². The Labute approximate surface area is 200 Å². The van der Waals surface area contributed by atoms with Crippen molar-refractivity contribution in [2.75, 3.05) is 26.4 Å². The third-order valence-corrected chi connectivity index (χ3v) is 5.11. The molecular formula is C28H29NO5. The molecule has 0 aliphatic heterocycles. The first-order valence-corrected chi connectivity index (χ1v) is 11.1. The maximum Gasteiger partial charge on any atom is 0.408 e. The summed E-state index contributed by atoms with van der Waals surface area (Å²) >= 11 is 0. The second-order valence-electron chi connectivity index (χ2n) is 7.62. The van der Waals surface area contributed by atoms with Crippen LogP contribution in [0.25, 0.3) is 0 Å². The molecule has 1 N–H and O–H groups in total. The number of esters is 1. The lowest BCUT2D eigenvalue weighted by Crippen LogP contribution is -2.40. The number of carbonyl (C=O) groups is 2. The number of nitrogens with one attached hydrogen (secondary N) is 1. The van der Waals surface area contributed by atoms with E-state index in [9.17, 15) is 9.59 Å². The van der Waals surface area contributed by atoms with Crippen molar-refractivity contribution in [1.82, 2.24) is 5.32 Å². The smallest absolute Gasteiger partial charge is 0.408 e. The van der Waals surface area contributed by atoms with Gasteiger partial charge in [0, 0.05) is 28.8 Å². The fourth-order valence-corrected chi connectivity index (χ4v) is 3.51. The molecule has 0 fully saturated rings. The van der Waals surface area contributed by atoms with Gasteiger partial charge in [-0.3, -0.25) is 0 Å². The van der Waals surface area contributed by atoms with Crippen LogP contribution in [0.5, 0.6) is 0 Å². The summed E-state index contributed by atoms with van der Waals surface area (Å²) in [5.74, 6) is -0.454. The van der Waals surface area contributed by atoms with Gasteiger partial charge in [0.05, 0.1) is 13.2 Å². The van der Waals surface area contributed by atoms with Crippen molar-refractivity contribution < 1.29 is 23.8 Å². The first-order valence-electron chi connectivity index (χ1n) is 11.1. The number of hydrogen-bond acceptors (Lipinski definition) is 5. The molecule has 6 nitrogen and oxygen atoms in total. The Morgan fingerprint density at radius 2 is 1.24 bits per heavy atom. The van der Waals surface area contributed by atoms with Crippen LogP contribution >= 0.6 is 0 Å². The largest absolute Gasteiger partial charge is 0.460 e. The average molecular weight is 460 g/mol. The summed E-state index contributed by atoms with van der Waals surface area (Å²) in [6.45, 7) is 5.93. The second-order valence-corrected chi connectivity index (χ2v) is 7.62. The van der Waals surface area contributed by atoms with Crippen LogP contribution in [-0.4, -0.2) is 38.4 Å². The van der Waals surface area contributed by atoms with Crippen LogP contribution in [0.15, 0.2) is 103 Å². The molecule has 0 aliphatic carbocycles. The first kappa shape index (κ1) is 24.7. The number of benzene rings is 3. The number of alkyl carbamates (subject to hydrolysis) is 1. The van der Waals surface area contributed by atoms with Crippen molar-refractivity contribution in [3.8, 4) is 0 Å². The summed E-state index contributed by atoms with van der Waals surface area (Å²) in [6.07, 6.45) is -0.575. The standard InChI is InChI=1S/C28H29NO5/c1-22(2)26(30)33-21-20-32-19-18-29-27(31)34-28(23-12-6-3-7-13-23,24-14-8-4-9-15-24)25-16-10-5-11-17-25/h3-17H,1,18-21H2,2H3,(H,29,31). The van der Waals surface area contributed by atoms with Crippen LogP contribution in [0.4, 0.5) is 4.79 Å². The lowest BCUT2D eigenvalue weighted by atomic mass is 9.80. The topological polar surface area (TPSA) is 73.9 Å². The molecule has 0 aromatic heterocycles. The average Bonchev–Trinajstić information content (AvgIpc) is 2.88. The number of hydrogen-bond donors (Lipinski definition) is 1. The summed E-state index contributed by atoms with van der Waals surface area (Å²) in [6, 6.07) is 29.0. The number of carbonyl (C=O) groups excluding carboxylic acids is 2. The molecule has 0 heterocycles. The molecule has 3 rings (SSSR count). The molecule has 0 aliphatic rings. The van der Waals surface area contributed by atoms with Gasteiger partial charge in [0.15, 0.2) is 5.60 Å². The van der Waals surface area contributed by atoms with Crippen LogP contribution in [0.3, 0.4) is 0 Å². The highest BCUT2D eigenvalue weighted by molar-refractivity contribution is 5.86. The molecule has 0 atom stereocenters. The zero-order valence-corrected chi connectivity index (χ0v) is 19.2. The Balaban J connectivity index is 1.71. The zero-order valence-electron chi connectivity index (χ0n) is 19.2. The quantitative estimate of drug-likeness (QED) is 0.192. The van der Waals surface area contributed by atoms with Gasteiger partial charge in [0.2, 0.25) is 0 Å². The molecule has 3 aromatic rings. The first-order chi connectivity index (χ1) is 16.5. The van der Waals surface area contributed by atoms with Gasteiger partial charge in [-0.25, -0.2) is 9.59 Å². The second kappa shape index (κ2) is 12.4. The molecule has 0 unspecified atom stereocenters. The molecule has 0 saturated heterocycles. The third-order valence-electron chi connectivity index (χ3n) is 5.11. The van der Waals surface area contributed by atoms with Gasteiger partial charge in [-0.2, -0.15) is 0 Å². The molecule has 6 heteroatoms. The Kier molecular flexibility index (Phi) is 9.00. The Hall–Kier alpha value is -3.90. The normalized spacial score (nSPS) is 10.9. The molecule has 1 amide bonds. The molecule has 0 spiro atoms. The van der Waals surface area contributed by atoms with E-state index in [1.807, 2.05) is 91.0 Å². The summed E-state index contributed by atoms with van der Waals surface area (Å²) in [5.41, 5.74) is 1.70. The highest BCUT2D eigenvalue weighted by Gasteiger charge is 2.40. The molecule has 3 aromatic carbocycles. The fourth-order valence-electron chi connectivity index (χ4n) is 3.51. The molecular weight excluding hydrogens is 430 g/mol. The van der Waals surface area contributed by atoms with Crippen LogP contribution in [0.2, 0.25) is 0 Å². The summed E-state index contributed by atoms with van der Waals surface area (Å²) in [7, 11) is 0. The van der Waals surface area contributed by atoms with E-state index in [1.165, 1.54) is 0 Å². The maximum atomic E-state index is 13.0. The van der Waals surface area contributed by atoms with Crippen LogP contribution in [0, 0.1) is 0 Å². The van der Waals surface area contributed by atoms with Crippen LogP contribution in [-0.2, 0) is 24.6 Å². The van der Waals surface area contributed by atoms with Crippen molar-refractivity contribution in [2.45, 2.75) is 12.5 Å². The van der Waals surface area contributed by atoms with Crippen LogP contribution < -0.4 is 5.32 Å². The van der Waals surface area contributed by atoms with Crippen molar-refractivity contribution >= 4 is 12.1 Å². The highest BCUT2D eigenvalue weighted by atomic mass is 16.6. The Morgan fingerprint density at radius 3 is 1.68 bits per heavy atom. The van der Waals surface area contributed by atoms with Gasteiger partial charge >= 0.3 is 12.1 Å². The molecule has 176 valence electrons. The molecule has 0 radical (unpaired) electrons. The van der Waals surface area contributed by atoms with E-state index in [0.717, 1.165) is 16.7 Å². The summed E-state index contributed by atoms with van der Waals surface area (Å²) < 4.78 is 16.6. The predicted octanol–water partition coefficient (Wildman–Crippen LogP) is 4.84. The van der Waals surface area contributed by atoms with Gasteiger partial charge < -0.3 is 19.5 Å². The van der Waals surface area contributed by atoms with Gasteiger partial charge in [-0.1, -0.05) is 97.6 Å². The van der Waals surface area contributed by atoms with Gasteiger partial charge in [-0.05, 0) is 6.92 Å². The monoisotopic (exact) mass is 459 g/mol. The van der Waals surface area contributed by atoms with Crippen molar-refractivity contribution in [3.63, 3.8) is 0 Å². The van der Waals surface area contributed by atoms with Gasteiger partial charge in [-0.15, -0.1) is 0 Å². The maximum absolute atomic E-state index is 13.0. The van der Waals surface area contributed by atoms with Crippen LogP contribution in [0.1, 0.15) is 23.6 Å². The molecule has 34 heavy (non-hydrogen) atoms. The van der Waals surface area contributed by atoms with E-state index in [2.05, 4.69) is 11.9 Å². The van der Waals surface area contributed by atoms with Crippen molar-refractivity contribution in [2.24, 2.45) is 0 Å². The lowest BCUT2D eigenvalue weighted by molar-refractivity contribution is -0.140. The number of amides is 1. The van der Waals surface area contributed by atoms with E-state index in [0.29, 0.717) is 5.57 Å². The van der Waals surface area contributed by atoms with E-state index >= 15 is 0 Å². The SMILES string of the molecule is C=C(C)C(=O)OCCOCCNC(=O)OC(c1ccccc1)(c1ccccc1)c1ccccc1.